The largest absolute Gasteiger partial charge is 0.505 e. The number of amides is 1. The number of fused-ring (bicyclic) bond motifs is 1. The number of nitrogens with zero attached hydrogens (tertiary/aromatic N) is 2. The van der Waals surface area contributed by atoms with E-state index >= 15 is 0 Å². The van der Waals surface area contributed by atoms with Gasteiger partial charge in [0, 0.05) is 24.5 Å². The summed E-state index contributed by atoms with van der Waals surface area (Å²) in [6.07, 6.45) is 2.51. The zero-order valence-electron chi connectivity index (χ0n) is 16.0. The molecule has 0 saturated carbocycles. The SMILES string of the molecule is CCCN1c2ccc(OC)c(OC)c2C(O)=C(NC(=O)c2ccncc2)C1O. The van der Waals surface area contributed by atoms with Crippen molar-refractivity contribution >= 4 is 17.4 Å². The van der Waals surface area contributed by atoms with Crippen LogP contribution in [0.5, 0.6) is 11.5 Å². The average Bonchev–Trinajstić information content (AvgIpc) is 2.73. The van der Waals surface area contributed by atoms with Gasteiger partial charge in [0.15, 0.2) is 23.5 Å². The molecule has 148 valence electrons. The molecular weight excluding hydrogens is 362 g/mol. The van der Waals surface area contributed by atoms with Gasteiger partial charge in [0.05, 0.1) is 25.5 Å². The first-order chi connectivity index (χ1) is 13.5. The summed E-state index contributed by atoms with van der Waals surface area (Å²) in [5.41, 5.74) is 1.28. The van der Waals surface area contributed by atoms with Gasteiger partial charge in [-0.05, 0) is 30.7 Å². The molecule has 1 aromatic heterocycles. The van der Waals surface area contributed by atoms with E-state index in [9.17, 15) is 15.0 Å². The fourth-order valence-corrected chi connectivity index (χ4v) is 3.23. The van der Waals surface area contributed by atoms with Gasteiger partial charge in [-0.1, -0.05) is 6.92 Å². The molecule has 0 aliphatic carbocycles. The van der Waals surface area contributed by atoms with Gasteiger partial charge in [-0.3, -0.25) is 9.78 Å². The van der Waals surface area contributed by atoms with Gasteiger partial charge >= 0.3 is 0 Å². The first-order valence-corrected chi connectivity index (χ1v) is 8.88. The van der Waals surface area contributed by atoms with Crippen molar-refractivity contribution in [1.82, 2.24) is 10.3 Å². The molecule has 28 heavy (non-hydrogen) atoms. The molecule has 1 atom stereocenters. The Kier molecular flexibility index (Phi) is 5.70. The van der Waals surface area contributed by atoms with Gasteiger partial charge in [0.2, 0.25) is 0 Å². The Hall–Kier alpha value is -3.26. The van der Waals surface area contributed by atoms with Crippen molar-refractivity contribution in [3.8, 4) is 11.5 Å². The summed E-state index contributed by atoms with van der Waals surface area (Å²) in [6, 6.07) is 6.54. The van der Waals surface area contributed by atoms with E-state index in [-0.39, 0.29) is 11.5 Å². The van der Waals surface area contributed by atoms with Crippen LogP contribution in [-0.2, 0) is 0 Å². The van der Waals surface area contributed by atoms with Crippen LogP contribution >= 0.6 is 0 Å². The lowest BCUT2D eigenvalue weighted by molar-refractivity contribution is 0.0943. The number of nitrogens with one attached hydrogen (secondary N) is 1. The number of hydrogen-bond donors (Lipinski definition) is 3. The van der Waals surface area contributed by atoms with Crippen LogP contribution in [0.15, 0.2) is 42.4 Å². The van der Waals surface area contributed by atoms with E-state index in [1.165, 1.54) is 26.6 Å². The van der Waals surface area contributed by atoms with Crippen molar-refractivity contribution < 1.29 is 24.5 Å². The molecule has 1 unspecified atom stereocenters. The van der Waals surface area contributed by atoms with Gasteiger partial charge in [0.25, 0.3) is 5.91 Å². The predicted molar refractivity (Wildman–Crippen MR) is 104 cm³/mol. The van der Waals surface area contributed by atoms with Crippen molar-refractivity contribution in [2.75, 3.05) is 25.7 Å². The monoisotopic (exact) mass is 385 g/mol. The third-order valence-corrected chi connectivity index (χ3v) is 4.53. The minimum Gasteiger partial charge on any atom is -0.505 e. The molecule has 1 amide bonds. The Morgan fingerprint density at radius 1 is 1.21 bits per heavy atom. The molecule has 0 saturated heterocycles. The number of benzene rings is 1. The smallest absolute Gasteiger partial charge is 0.255 e. The van der Waals surface area contributed by atoms with Crippen LogP contribution in [0.3, 0.4) is 0 Å². The molecule has 0 fully saturated rings. The van der Waals surface area contributed by atoms with E-state index in [0.717, 1.165) is 6.42 Å². The molecular formula is C20H23N3O5. The Labute approximate surface area is 163 Å². The number of methoxy groups -OCH3 is 2. The summed E-state index contributed by atoms with van der Waals surface area (Å²) >= 11 is 0. The van der Waals surface area contributed by atoms with Crippen LogP contribution in [0.4, 0.5) is 5.69 Å². The summed E-state index contributed by atoms with van der Waals surface area (Å²) in [5, 5.41) is 24.4. The summed E-state index contributed by atoms with van der Waals surface area (Å²) < 4.78 is 10.8. The molecule has 3 N–H and O–H groups in total. The highest BCUT2D eigenvalue weighted by Crippen LogP contribution is 2.45. The molecule has 0 spiro atoms. The topological polar surface area (TPSA) is 104 Å². The number of hydrogen-bond acceptors (Lipinski definition) is 7. The van der Waals surface area contributed by atoms with Gasteiger partial charge < -0.3 is 29.9 Å². The van der Waals surface area contributed by atoms with Crippen LogP contribution < -0.4 is 19.7 Å². The molecule has 0 bridgehead atoms. The van der Waals surface area contributed by atoms with Crippen molar-refractivity contribution in [2.45, 2.75) is 19.6 Å². The minimum absolute atomic E-state index is 0.0192. The zero-order valence-corrected chi connectivity index (χ0v) is 16.0. The van der Waals surface area contributed by atoms with Crippen molar-refractivity contribution in [3.63, 3.8) is 0 Å². The lowest BCUT2D eigenvalue weighted by Gasteiger charge is -2.37. The number of carbonyl (C=O) groups excluding carboxylic acids is 1. The van der Waals surface area contributed by atoms with Gasteiger partial charge in [-0.2, -0.15) is 0 Å². The molecule has 3 rings (SSSR count). The van der Waals surface area contributed by atoms with E-state index in [0.29, 0.717) is 34.9 Å². The number of carbonyl (C=O) groups is 1. The quantitative estimate of drug-likeness (QED) is 0.701. The summed E-state index contributed by atoms with van der Waals surface area (Å²) in [4.78, 5) is 18.2. The number of aliphatic hydroxyl groups excluding tert-OH is 2. The molecule has 1 aromatic carbocycles. The molecule has 2 aromatic rings. The second-order valence-electron chi connectivity index (χ2n) is 6.21. The molecule has 0 radical (unpaired) electrons. The molecule has 1 aliphatic heterocycles. The number of aromatic nitrogens is 1. The zero-order chi connectivity index (χ0) is 20.3. The lowest BCUT2D eigenvalue weighted by Crippen LogP contribution is -2.46. The number of ether oxygens (including phenoxy) is 2. The first-order valence-electron chi connectivity index (χ1n) is 8.88. The number of aliphatic hydroxyl groups is 2. The van der Waals surface area contributed by atoms with E-state index in [1.807, 2.05) is 6.92 Å². The minimum atomic E-state index is -1.23. The summed E-state index contributed by atoms with van der Waals surface area (Å²) in [5.74, 6) is 0.0133. The Morgan fingerprint density at radius 2 is 1.93 bits per heavy atom. The molecule has 8 nitrogen and oxygen atoms in total. The van der Waals surface area contributed by atoms with Crippen LogP contribution in [0.25, 0.3) is 5.76 Å². The normalized spacial score (nSPS) is 15.9. The van der Waals surface area contributed by atoms with Crippen molar-refractivity contribution in [2.24, 2.45) is 0 Å². The standard InChI is InChI=1S/C20H23N3O5/c1-4-11-23-13-5-6-14(27-2)18(28-3)15(13)17(24)16(20(23)26)22-19(25)12-7-9-21-10-8-12/h5-10,20,24,26H,4,11H2,1-3H3,(H,22,25). The maximum atomic E-state index is 12.6. The van der Waals surface area contributed by atoms with Crippen molar-refractivity contribution in [1.29, 1.82) is 0 Å². The number of pyridine rings is 1. The van der Waals surface area contributed by atoms with Crippen molar-refractivity contribution in [3.05, 3.63) is 53.5 Å². The fourth-order valence-electron chi connectivity index (χ4n) is 3.23. The second kappa shape index (κ2) is 8.18. The molecule has 1 aliphatic rings. The third kappa shape index (κ3) is 3.34. The second-order valence-corrected chi connectivity index (χ2v) is 6.21. The maximum Gasteiger partial charge on any atom is 0.255 e. The third-order valence-electron chi connectivity index (χ3n) is 4.53. The number of anilines is 1. The molecule has 2 heterocycles. The fraction of sp³-hybridized carbons (Fsp3) is 0.300. The van der Waals surface area contributed by atoms with E-state index in [1.54, 1.807) is 29.2 Å². The van der Waals surface area contributed by atoms with E-state index in [2.05, 4.69) is 10.3 Å². The highest BCUT2D eigenvalue weighted by Gasteiger charge is 2.36. The Morgan fingerprint density at radius 3 is 2.54 bits per heavy atom. The Balaban J connectivity index is 2.12. The predicted octanol–water partition coefficient (Wildman–Crippen LogP) is 2.30. The number of rotatable bonds is 6. The highest BCUT2D eigenvalue weighted by molar-refractivity contribution is 5.97. The van der Waals surface area contributed by atoms with Crippen LogP contribution in [0.1, 0.15) is 29.3 Å². The molecule has 8 heteroatoms. The van der Waals surface area contributed by atoms with E-state index < -0.39 is 12.1 Å². The van der Waals surface area contributed by atoms with Gasteiger partial charge in [-0.15, -0.1) is 0 Å². The van der Waals surface area contributed by atoms with E-state index in [4.69, 9.17) is 9.47 Å². The summed E-state index contributed by atoms with van der Waals surface area (Å²) in [6.45, 7) is 2.48. The Bertz CT molecular complexity index is 898. The van der Waals surface area contributed by atoms with Crippen LogP contribution in [0.2, 0.25) is 0 Å². The first kappa shape index (κ1) is 19.5. The average molecular weight is 385 g/mol. The van der Waals surface area contributed by atoms with Crippen LogP contribution in [0, 0.1) is 0 Å². The van der Waals surface area contributed by atoms with Gasteiger partial charge in [0.1, 0.15) is 5.70 Å². The summed E-state index contributed by atoms with van der Waals surface area (Å²) in [7, 11) is 2.97. The maximum absolute atomic E-state index is 12.6. The van der Waals surface area contributed by atoms with Crippen LogP contribution in [-0.4, -0.2) is 48.1 Å². The highest BCUT2D eigenvalue weighted by atomic mass is 16.5. The lowest BCUT2D eigenvalue weighted by atomic mass is 10.00. The van der Waals surface area contributed by atoms with Gasteiger partial charge in [-0.25, -0.2) is 0 Å².